The van der Waals surface area contributed by atoms with Crippen molar-refractivity contribution in [3.8, 4) is 5.75 Å². The van der Waals surface area contributed by atoms with Gasteiger partial charge in [-0.3, -0.25) is 4.79 Å². The summed E-state index contributed by atoms with van der Waals surface area (Å²) < 4.78 is 1.43. The van der Waals surface area contributed by atoms with E-state index in [1.54, 1.807) is 18.2 Å². The average Bonchev–Trinajstić information content (AvgIpc) is 2.99. The third-order valence-corrected chi connectivity index (χ3v) is 3.46. The fraction of sp³-hybridized carbons (Fsp3) is 0.312. The van der Waals surface area contributed by atoms with Gasteiger partial charge in [0.1, 0.15) is 17.5 Å². The molecule has 0 bridgehead atoms. The number of phenolic OH excluding ortho intramolecular Hbond substituents is 1. The maximum Gasteiger partial charge on any atom is 0.326 e. The van der Waals surface area contributed by atoms with E-state index in [9.17, 15) is 19.8 Å². The summed E-state index contributed by atoms with van der Waals surface area (Å²) in [7, 11) is 0. The number of carbonyl (C=O) groups is 2. The molecule has 8 heteroatoms. The summed E-state index contributed by atoms with van der Waals surface area (Å²) in [5.74, 6) is -1.51. The lowest BCUT2D eigenvalue weighted by atomic mass is 10.1. The molecule has 0 radical (unpaired) electrons. The molecule has 2 aromatic rings. The van der Waals surface area contributed by atoms with Crippen molar-refractivity contribution in [1.29, 1.82) is 0 Å². The number of nitrogens with zero attached hydrogens (tertiary/aromatic N) is 2. The van der Waals surface area contributed by atoms with Gasteiger partial charge in [0.15, 0.2) is 0 Å². The van der Waals surface area contributed by atoms with Gasteiger partial charge in [0.2, 0.25) is 0 Å². The standard InChI is InChI=1S/C16H19N3O4.ClH/c1-2-3-7-13(16(22)23)19-9-12(17-10-19)15(21)18-11-6-4-5-8-14(11)20;/h4-6,8-10,13,20H,2-3,7H2,1H3,(H,18,21)(H,22,23);1H. The Kier molecular flexibility index (Phi) is 7.26. The largest absolute Gasteiger partial charge is 0.506 e. The second-order valence-corrected chi connectivity index (χ2v) is 5.17. The molecule has 0 aliphatic carbocycles. The highest BCUT2D eigenvalue weighted by Gasteiger charge is 2.21. The number of anilines is 1. The number of carbonyl (C=O) groups excluding carboxylic acids is 1. The first-order valence-corrected chi connectivity index (χ1v) is 7.38. The SMILES string of the molecule is CCCCC(C(=O)O)n1cnc(C(=O)Nc2ccccc2O)c1.Cl. The smallest absolute Gasteiger partial charge is 0.326 e. The molecule has 0 aliphatic rings. The lowest BCUT2D eigenvalue weighted by Crippen LogP contribution is -2.18. The molecule has 0 aliphatic heterocycles. The minimum Gasteiger partial charge on any atom is -0.506 e. The molecule has 0 saturated carbocycles. The highest BCUT2D eigenvalue weighted by atomic mass is 35.5. The van der Waals surface area contributed by atoms with Crippen LogP contribution in [0, 0.1) is 0 Å². The molecule has 0 spiro atoms. The van der Waals surface area contributed by atoms with Crippen molar-refractivity contribution >= 4 is 30.0 Å². The van der Waals surface area contributed by atoms with Gasteiger partial charge < -0.3 is 20.1 Å². The second kappa shape index (κ2) is 8.93. The Labute approximate surface area is 145 Å². The molecule has 1 unspecified atom stereocenters. The van der Waals surface area contributed by atoms with Crippen LogP contribution in [0.2, 0.25) is 0 Å². The second-order valence-electron chi connectivity index (χ2n) is 5.17. The van der Waals surface area contributed by atoms with Crippen molar-refractivity contribution in [2.24, 2.45) is 0 Å². The van der Waals surface area contributed by atoms with Crippen molar-refractivity contribution in [3.05, 3.63) is 42.5 Å². The van der Waals surface area contributed by atoms with Crippen LogP contribution in [0.5, 0.6) is 5.75 Å². The number of amides is 1. The lowest BCUT2D eigenvalue weighted by Gasteiger charge is -2.12. The van der Waals surface area contributed by atoms with E-state index in [2.05, 4.69) is 10.3 Å². The highest BCUT2D eigenvalue weighted by molar-refractivity contribution is 6.03. The normalized spacial score (nSPS) is 11.4. The molecule has 7 nitrogen and oxygen atoms in total. The summed E-state index contributed by atoms with van der Waals surface area (Å²) in [5, 5.41) is 21.5. The molecule has 1 amide bonds. The van der Waals surface area contributed by atoms with Crippen LogP contribution >= 0.6 is 12.4 Å². The highest BCUT2D eigenvalue weighted by Crippen LogP contribution is 2.22. The van der Waals surface area contributed by atoms with Gasteiger partial charge in [0.05, 0.1) is 12.0 Å². The molecule has 2 rings (SSSR count). The first-order valence-electron chi connectivity index (χ1n) is 7.38. The molecule has 1 heterocycles. The number of hydrogen-bond acceptors (Lipinski definition) is 4. The Hall–Kier alpha value is -2.54. The molecule has 24 heavy (non-hydrogen) atoms. The zero-order valence-corrected chi connectivity index (χ0v) is 14.0. The zero-order valence-electron chi connectivity index (χ0n) is 13.2. The van der Waals surface area contributed by atoms with Crippen molar-refractivity contribution in [1.82, 2.24) is 9.55 Å². The molecular weight excluding hydrogens is 334 g/mol. The van der Waals surface area contributed by atoms with Crippen LogP contribution in [0.25, 0.3) is 0 Å². The summed E-state index contributed by atoms with van der Waals surface area (Å²) in [6, 6.07) is 5.60. The van der Waals surface area contributed by atoms with E-state index >= 15 is 0 Å². The third kappa shape index (κ3) is 4.73. The van der Waals surface area contributed by atoms with Gasteiger partial charge >= 0.3 is 5.97 Å². The van der Waals surface area contributed by atoms with Gasteiger partial charge in [-0.05, 0) is 18.6 Å². The van der Waals surface area contributed by atoms with Crippen LogP contribution in [0.3, 0.4) is 0 Å². The van der Waals surface area contributed by atoms with Crippen molar-refractivity contribution in [2.45, 2.75) is 32.2 Å². The Morgan fingerprint density at radius 1 is 1.33 bits per heavy atom. The number of carboxylic acid groups (broad SMARTS) is 1. The number of carboxylic acids is 1. The summed E-state index contributed by atoms with van der Waals surface area (Å²) in [5.41, 5.74) is 0.365. The molecule has 1 aromatic heterocycles. The Morgan fingerprint density at radius 3 is 2.67 bits per heavy atom. The van der Waals surface area contributed by atoms with Gasteiger partial charge in [0.25, 0.3) is 5.91 Å². The van der Waals surface area contributed by atoms with Gasteiger partial charge in [-0.15, -0.1) is 12.4 Å². The van der Waals surface area contributed by atoms with E-state index in [0.717, 1.165) is 12.8 Å². The number of halogens is 1. The molecule has 0 fully saturated rings. The molecule has 3 N–H and O–H groups in total. The summed E-state index contributed by atoms with van der Waals surface area (Å²) in [6.07, 6.45) is 4.88. The molecule has 1 aromatic carbocycles. The van der Waals surface area contributed by atoms with Crippen LogP contribution in [-0.2, 0) is 4.79 Å². The molecule has 0 saturated heterocycles. The van der Waals surface area contributed by atoms with E-state index in [4.69, 9.17) is 0 Å². The lowest BCUT2D eigenvalue weighted by molar-refractivity contribution is -0.141. The van der Waals surface area contributed by atoms with Crippen LogP contribution in [0.4, 0.5) is 5.69 Å². The Balaban J connectivity index is 0.00000288. The monoisotopic (exact) mass is 353 g/mol. The van der Waals surface area contributed by atoms with Crippen LogP contribution < -0.4 is 5.32 Å². The Bertz CT molecular complexity index is 702. The van der Waals surface area contributed by atoms with Crippen LogP contribution in [0.15, 0.2) is 36.8 Å². The van der Waals surface area contributed by atoms with E-state index in [-0.39, 0.29) is 29.5 Å². The first kappa shape index (κ1) is 19.5. The maximum absolute atomic E-state index is 12.1. The number of unbranched alkanes of at least 4 members (excludes halogenated alkanes) is 1. The van der Waals surface area contributed by atoms with E-state index < -0.39 is 17.9 Å². The number of benzene rings is 1. The number of para-hydroxylation sites is 2. The van der Waals surface area contributed by atoms with E-state index in [1.165, 1.54) is 23.2 Å². The Morgan fingerprint density at radius 2 is 2.04 bits per heavy atom. The first-order chi connectivity index (χ1) is 11.0. The van der Waals surface area contributed by atoms with Crippen LogP contribution in [-0.4, -0.2) is 31.6 Å². The van der Waals surface area contributed by atoms with Gasteiger partial charge in [-0.1, -0.05) is 31.9 Å². The molecule has 1 atom stereocenters. The minimum absolute atomic E-state index is 0. The zero-order chi connectivity index (χ0) is 16.8. The number of hydrogen-bond donors (Lipinski definition) is 3. The predicted octanol–water partition coefficient (Wildman–Crippen LogP) is 3.08. The number of aliphatic carboxylic acids is 1. The number of imidazole rings is 1. The van der Waals surface area contributed by atoms with Gasteiger partial charge in [-0.2, -0.15) is 0 Å². The number of aromatic hydroxyl groups is 1. The fourth-order valence-electron chi connectivity index (χ4n) is 2.19. The van der Waals surface area contributed by atoms with Crippen molar-refractivity contribution in [2.75, 3.05) is 5.32 Å². The van der Waals surface area contributed by atoms with Gasteiger partial charge in [0, 0.05) is 6.20 Å². The predicted molar refractivity (Wildman–Crippen MR) is 91.7 cm³/mol. The number of aromatic nitrogens is 2. The number of phenols is 1. The topological polar surface area (TPSA) is 104 Å². The quantitative estimate of drug-likeness (QED) is 0.663. The summed E-state index contributed by atoms with van der Waals surface area (Å²) >= 11 is 0. The summed E-state index contributed by atoms with van der Waals surface area (Å²) in [6.45, 7) is 1.98. The summed E-state index contributed by atoms with van der Waals surface area (Å²) in [4.78, 5) is 27.4. The average molecular weight is 354 g/mol. The molecular formula is C16H20ClN3O4. The minimum atomic E-state index is -0.955. The van der Waals surface area contributed by atoms with Crippen LogP contribution in [0.1, 0.15) is 42.7 Å². The van der Waals surface area contributed by atoms with Crippen molar-refractivity contribution in [3.63, 3.8) is 0 Å². The van der Waals surface area contributed by atoms with E-state index in [0.29, 0.717) is 6.42 Å². The molecule has 130 valence electrons. The number of nitrogens with one attached hydrogen (secondary N) is 1. The third-order valence-electron chi connectivity index (χ3n) is 3.46. The van der Waals surface area contributed by atoms with Gasteiger partial charge in [-0.25, -0.2) is 9.78 Å². The van der Waals surface area contributed by atoms with E-state index in [1.807, 2.05) is 6.92 Å². The maximum atomic E-state index is 12.1. The number of rotatable bonds is 7. The van der Waals surface area contributed by atoms with Crippen molar-refractivity contribution < 1.29 is 19.8 Å². The fourth-order valence-corrected chi connectivity index (χ4v) is 2.19.